The number of anilines is 1. The second-order valence-corrected chi connectivity index (χ2v) is 7.02. The van der Waals surface area contributed by atoms with Crippen LogP contribution >= 0.6 is 0 Å². The number of benzene rings is 3. The maximum Gasteiger partial charge on any atom is 0.255 e. The van der Waals surface area contributed by atoms with Crippen molar-refractivity contribution in [2.24, 2.45) is 0 Å². The lowest BCUT2D eigenvalue weighted by atomic mass is 10.1. The van der Waals surface area contributed by atoms with Crippen LogP contribution in [-0.2, 0) is 6.54 Å². The van der Waals surface area contributed by atoms with Crippen LogP contribution < -0.4 is 10.6 Å². The molecule has 4 rings (SSSR count). The van der Waals surface area contributed by atoms with Crippen LogP contribution in [0, 0.1) is 6.92 Å². The summed E-state index contributed by atoms with van der Waals surface area (Å²) in [4.78, 5) is 29.4. The minimum Gasteiger partial charge on any atom is -0.348 e. The average molecular weight is 395 g/mol. The Labute approximate surface area is 174 Å². The molecule has 3 aromatic carbocycles. The van der Waals surface area contributed by atoms with Crippen molar-refractivity contribution in [3.8, 4) is 0 Å². The smallest absolute Gasteiger partial charge is 0.255 e. The number of hydrogen-bond acceptors (Lipinski definition) is 3. The first-order valence-electron chi connectivity index (χ1n) is 9.70. The van der Waals surface area contributed by atoms with E-state index in [0.29, 0.717) is 23.4 Å². The molecule has 0 unspecified atom stereocenters. The molecule has 2 amide bonds. The third-order valence-corrected chi connectivity index (χ3v) is 4.99. The van der Waals surface area contributed by atoms with Gasteiger partial charge in [-0.25, -0.2) is 0 Å². The number of aryl methyl sites for hydroxylation is 1. The molecule has 4 aromatic rings. The SMILES string of the molecule is Cc1ccccc1CNC(=O)c1ccc(C(=O)Nc2cccc3cccnc23)cc1. The van der Waals surface area contributed by atoms with E-state index in [2.05, 4.69) is 15.6 Å². The van der Waals surface area contributed by atoms with Gasteiger partial charge in [0.05, 0.1) is 11.2 Å². The highest BCUT2D eigenvalue weighted by Gasteiger charge is 2.11. The molecule has 0 aliphatic carbocycles. The zero-order valence-electron chi connectivity index (χ0n) is 16.6. The van der Waals surface area contributed by atoms with Crippen molar-refractivity contribution < 1.29 is 9.59 Å². The zero-order valence-corrected chi connectivity index (χ0v) is 16.6. The van der Waals surface area contributed by atoms with E-state index in [1.165, 1.54) is 0 Å². The van der Waals surface area contributed by atoms with E-state index in [1.54, 1.807) is 30.5 Å². The molecule has 2 N–H and O–H groups in total. The first kappa shape index (κ1) is 19.3. The van der Waals surface area contributed by atoms with Crippen molar-refractivity contribution in [2.45, 2.75) is 13.5 Å². The summed E-state index contributed by atoms with van der Waals surface area (Å²) < 4.78 is 0. The number of rotatable bonds is 5. The second kappa shape index (κ2) is 8.57. The Hall–Kier alpha value is -3.99. The van der Waals surface area contributed by atoms with E-state index in [-0.39, 0.29) is 11.8 Å². The van der Waals surface area contributed by atoms with Crippen LogP contribution in [0.25, 0.3) is 10.9 Å². The first-order valence-corrected chi connectivity index (χ1v) is 9.70. The summed E-state index contributed by atoms with van der Waals surface area (Å²) in [6.07, 6.45) is 1.70. The fraction of sp³-hybridized carbons (Fsp3) is 0.0800. The monoisotopic (exact) mass is 395 g/mol. The molecule has 0 atom stereocenters. The van der Waals surface area contributed by atoms with Crippen molar-refractivity contribution in [1.29, 1.82) is 0 Å². The standard InChI is InChI=1S/C25H21N3O2/c1-17-6-2-3-7-21(17)16-27-24(29)19-11-13-20(14-12-19)25(30)28-22-10-4-8-18-9-5-15-26-23(18)22/h2-15H,16H2,1H3,(H,27,29)(H,28,30). The van der Waals surface area contributed by atoms with Crippen LogP contribution in [0.1, 0.15) is 31.8 Å². The molecule has 30 heavy (non-hydrogen) atoms. The third-order valence-electron chi connectivity index (χ3n) is 4.99. The normalized spacial score (nSPS) is 10.6. The fourth-order valence-electron chi connectivity index (χ4n) is 3.26. The summed E-state index contributed by atoms with van der Waals surface area (Å²) in [7, 11) is 0. The van der Waals surface area contributed by atoms with Crippen LogP contribution in [0.15, 0.2) is 85.1 Å². The number of hydrogen-bond donors (Lipinski definition) is 2. The van der Waals surface area contributed by atoms with Crippen molar-refractivity contribution in [3.05, 3.63) is 107 Å². The molecule has 0 aliphatic heterocycles. The Morgan fingerprint density at radius 3 is 2.27 bits per heavy atom. The highest BCUT2D eigenvalue weighted by atomic mass is 16.2. The van der Waals surface area contributed by atoms with Gasteiger partial charge in [0.2, 0.25) is 0 Å². The minimum atomic E-state index is -0.250. The van der Waals surface area contributed by atoms with Crippen LogP contribution in [-0.4, -0.2) is 16.8 Å². The summed E-state index contributed by atoms with van der Waals surface area (Å²) in [6.45, 7) is 2.47. The van der Waals surface area contributed by atoms with Gasteiger partial charge in [-0.05, 0) is 54.4 Å². The Balaban J connectivity index is 1.43. The number of fused-ring (bicyclic) bond motifs is 1. The van der Waals surface area contributed by atoms with Gasteiger partial charge < -0.3 is 10.6 Å². The summed E-state index contributed by atoms with van der Waals surface area (Å²) >= 11 is 0. The second-order valence-electron chi connectivity index (χ2n) is 7.02. The molecule has 148 valence electrons. The predicted molar refractivity (Wildman–Crippen MR) is 118 cm³/mol. The van der Waals surface area contributed by atoms with Crippen LogP contribution in [0.3, 0.4) is 0 Å². The fourth-order valence-corrected chi connectivity index (χ4v) is 3.26. The van der Waals surface area contributed by atoms with Crippen molar-refractivity contribution in [2.75, 3.05) is 5.32 Å². The van der Waals surface area contributed by atoms with E-state index in [4.69, 9.17) is 0 Å². The van der Waals surface area contributed by atoms with Gasteiger partial charge in [-0.3, -0.25) is 14.6 Å². The molecule has 0 fully saturated rings. The molecule has 1 aromatic heterocycles. The van der Waals surface area contributed by atoms with Crippen molar-refractivity contribution in [1.82, 2.24) is 10.3 Å². The lowest BCUT2D eigenvalue weighted by Crippen LogP contribution is -2.23. The summed E-state index contributed by atoms with van der Waals surface area (Å²) in [5.74, 6) is -0.427. The van der Waals surface area contributed by atoms with Gasteiger partial charge in [0.25, 0.3) is 11.8 Å². The molecule has 0 bridgehead atoms. The van der Waals surface area contributed by atoms with E-state index < -0.39 is 0 Å². The van der Waals surface area contributed by atoms with Crippen molar-refractivity contribution in [3.63, 3.8) is 0 Å². The Morgan fingerprint density at radius 2 is 1.50 bits per heavy atom. The number of pyridine rings is 1. The lowest BCUT2D eigenvalue weighted by Gasteiger charge is -2.10. The number of nitrogens with zero attached hydrogens (tertiary/aromatic N) is 1. The van der Waals surface area contributed by atoms with Gasteiger partial charge in [-0.2, -0.15) is 0 Å². The summed E-state index contributed by atoms with van der Waals surface area (Å²) in [5, 5.41) is 6.77. The van der Waals surface area contributed by atoms with Gasteiger partial charge >= 0.3 is 0 Å². The van der Waals surface area contributed by atoms with Crippen LogP contribution in [0.2, 0.25) is 0 Å². The topological polar surface area (TPSA) is 71.1 Å². The Bertz CT molecular complexity index is 1210. The number of para-hydroxylation sites is 1. The molecular weight excluding hydrogens is 374 g/mol. The Kier molecular flexibility index (Phi) is 5.52. The molecule has 0 aliphatic rings. The number of carbonyl (C=O) groups excluding carboxylic acids is 2. The van der Waals surface area contributed by atoms with Crippen LogP contribution in [0.5, 0.6) is 0 Å². The van der Waals surface area contributed by atoms with Gasteiger partial charge in [0, 0.05) is 29.3 Å². The highest BCUT2D eigenvalue weighted by Crippen LogP contribution is 2.21. The van der Waals surface area contributed by atoms with Gasteiger partial charge in [-0.1, -0.05) is 42.5 Å². The molecule has 0 radical (unpaired) electrons. The third kappa shape index (κ3) is 4.20. The minimum absolute atomic E-state index is 0.177. The zero-order chi connectivity index (χ0) is 20.9. The largest absolute Gasteiger partial charge is 0.348 e. The molecule has 5 heteroatoms. The van der Waals surface area contributed by atoms with Crippen LogP contribution in [0.4, 0.5) is 5.69 Å². The van der Waals surface area contributed by atoms with Gasteiger partial charge in [0.15, 0.2) is 0 Å². The lowest BCUT2D eigenvalue weighted by molar-refractivity contribution is 0.0949. The molecule has 5 nitrogen and oxygen atoms in total. The maximum absolute atomic E-state index is 12.6. The Morgan fingerprint density at radius 1 is 0.800 bits per heavy atom. The number of amides is 2. The number of aromatic nitrogens is 1. The summed E-state index contributed by atoms with van der Waals surface area (Å²) in [6, 6.07) is 24.0. The predicted octanol–water partition coefficient (Wildman–Crippen LogP) is 4.73. The van der Waals surface area contributed by atoms with Gasteiger partial charge in [-0.15, -0.1) is 0 Å². The van der Waals surface area contributed by atoms with E-state index in [9.17, 15) is 9.59 Å². The maximum atomic E-state index is 12.6. The number of nitrogens with one attached hydrogen (secondary N) is 2. The molecule has 1 heterocycles. The molecule has 0 saturated heterocycles. The first-order chi connectivity index (χ1) is 14.6. The van der Waals surface area contributed by atoms with E-state index in [1.807, 2.05) is 61.5 Å². The average Bonchev–Trinajstić information content (AvgIpc) is 2.78. The van der Waals surface area contributed by atoms with E-state index in [0.717, 1.165) is 22.0 Å². The highest BCUT2D eigenvalue weighted by molar-refractivity contribution is 6.08. The van der Waals surface area contributed by atoms with E-state index >= 15 is 0 Å². The summed E-state index contributed by atoms with van der Waals surface area (Å²) in [5.41, 5.74) is 4.57. The molecule has 0 spiro atoms. The molecule has 0 saturated carbocycles. The van der Waals surface area contributed by atoms with Gasteiger partial charge in [0.1, 0.15) is 0 Å². The number of carbonyl (C=O) groups is 2. The van der Waals surface area contributed by atoms with Crippen molar-refractivity contribution >= 4 is 28.4 Å². The quantitative estimate of drug-likeness (QED) is 0.513. The molecular formula is C25H21N3O2.